The number of nitrogen functional groups attached to an aromatic ring is 1. The van der Waals surface area contributed by atoms with Crippen LogP contribution in [0.4, 0.5) is 17.5 Å². The van der Waals surface area contributed by atoms with E-state index in [9.17, 15) is 0 Å². The molecular formula is C12H9BrClN5S. The average Bonchev–Trinajstić information content (AvgIpc) is 2.91. The Labute approximate surface area is 132 Å². The fourth-order valence-corrected chi connectivity index (χ4v) is 3.04. The van der Waals surface area contributed by atoms with Gasteiger partial charge in [0.15, 0.2) is 5.82 Å². The van der Waals surface area contributed by atoms with Crippen LogP contribution in [0.25, 0.3) is 10.2 Å². The number of hydrogen-bond acceptors (Lipinski definition) is 6. The quantitative estimate of drug-likeness (QED) is 0.477. The predicted octanol–water partition coefficient (Wildman–Crippen LogP) is 4.14. The first-order valence-electron chi connectivity index (χ1n) is 5.61. The van der Waals surface area contributed by atoms with E-state index in [2.05, 4.69) is 36.6 Å². The SMILES string of the molecule is NNc1nc(Nc2cc(Br)ccc2Cl)c2sccc2n1. The van der Waals surface area contributed by atoms with Crippen molar-refractivity contribution in [3.8, 4) is 0 Å². The van der Waals surface area contributed by atoms with Crippen LogP contribution in [0, 0.1) is 0 Å². The summed E-state index contributed by atoms with van der Waals surface area (Å²) in [5, 5.41) is 5.78. The predicted molar refractivity (Wildman–Crippen MR) is 87.7 cm³/mol. The highest BCUT2D eigenvalue weighted by molar-refractivity contribution is 9.10. The summed E-state index contributed by atoms with van der Waals surface area (Å²) in [7, 11) is 0. The zero-order valence-corrected chi connectivity index (χ0v) is 13.2. The normalized spacial score (nSPS) is 10.8. The van der Waals surface area contributed by atoms with E-state index in [1.54, 1.807) is 11.3 Å². The van der Waals surface area contributed by atoms with E-state index < -0.39 is 0 Å². The summed E-state index contributed by atoms with van der Waals surface area (Å²) < 4.78 is 1.87. The third-order valence-corrected chi connectivity index (χ3v) is 4.35. The van der Waals surface area contributed by atoms with Gasteiger partial charge in [0.25, 0.3) is 0 Å². The van der Waals surface area contributed by atoms with Crippen LogP contribution in [0.1, 0.15) is 0 Å². The Bertz CT molecular complexity index is 776. The van der Waals surface area contributed by atoms with Crippen LogP contribution < -0.4 is 16.6 Å². The van der Waals surface area contributed by atoms with Gasteiger partial charge in [0.2, 0.25) is 5.95 Å². The maximum Gasteiger partial charge on any atom is 0.239 e. The molecule has 1 aromatic carbocycles. The van der Waals surface area contributed by atoms with Crippen LogP contribution in [0.5, 0.6) is 0 Å². The lowest BCUT2D eigenvalue weighted by atomic mass is 10.3. The molecule has 5 nitrogen and oxygen atoms in total. The van der Waals surface area contributed by atoms with Gasteiger partial charge in [0.1, 0.15) is 0 Å². The maximum absolute atomic E-state index is 6.18. The summed E-state index contributed by atoms with van der Waals surface area (Å²) >= 11 is 11.2. The highest BCUT2D eigenvalue weighted by Crippen LogP contribution is 2.33. The number of halogens is 2. The fraction of sp³-hybridized carbons (Fsp3) is 0. The van der Waals surface area contributed by atoms with Crippen LogP contribution in [0.3, 0.4) is 0 Å². The highest BCUT2D eigenvalue weighted by atomic mass is 79.9. The Hall–Kier alpha value is -1.41. The lowest BCUT2D eigenvalue weighted by Gasteiger charge is -2.10. The standard InChI is InChI=1S/C12H9BrClN5S/c13-6-1-2-7(14)9(5-6)16-11-10-8(3-4-20-10)17-12(18-11)19-15/h1-5H,15H2,(H2,16,17,18,19). The Morgan fingerprint density at radius 1 is 1.25 bits per heavy atom. The molecule has 0 saturated carbocycles. The van der Waals surface area contributed by atoms with E-state index in [-0.39, 0.29) is 0 Å². The molecule has 102 valence electrons. The van der Waals surface area contributed by atoms with Crippen molar-refractivity contribution in [2.24, 2.45) is 5.84 Å². The second-order valence-corrected chi connectivity index (χ2v) is 6.16. The number of anilines is 3. The molecule has 3 rings (SSSR count). The summed E-state index contributed by atoms with van der Waals surface area (Å²) in [6.07, 6.45) is 0. The third-order valence-electron chi connectivity index (χ3n) is 2.61. The first kappa shape index (κ1) is 13.6. The van der Waals surface area contributed by atoms with Crippen molar-refractivity contribution in [1.29, 1.82) is 0 Å². The lowest BCUT2D eigenvalue weighted by molar-refractivity contribution is 1.16. The van der Waals surface area contributed by atoms with E-state index in [0.29, 0.717) is 16.8 Å². The number of aromatic nitrogens is 2. The molecule has 0 radical (unpaired) electrons. The van der Waals surface area contributed by atoms with Crippen molar-refractivity contribution >= 4 is 66.5 Å². The largest absolute Gasteiger partial charge is 0.338 e. The van der Waals surface area contributed by atoms with Crippen LogP contribution in [-0.2, 0) is 0 Å². The molecule has 4 N–H and O–H groups in total. The molecular weight excluding hydrogens is 362 g/mol. The number of fused-ring (bicyclic) bond motifs is 1. The number of hydrazine groups is 1. The molecule has 0 aliphatic carbocycles. The van der Waals surface area contributed by atoms with Gasteiger partial charge in [-0.05, 0) is 29.6 Å². The zero-order valence-electron chi connectivity index (χ0n) is 10.0. The molecule has 3 aromatic rings. The Morgan fingerprint density at radius 3 is 2.90 bits per heavy atom. The fourth-order valence-electron chi connectivity index (χ4n) is 1.73. The van der Waals surface area contributed by atoms with Crippen molar-refractivity contribution in [2.45, 2.75) is 0 Å². The van der Waals surface area contributed by atoms with Gasteiger partial charge < -0.3 is 5.32 Å². The first-order valence-corrected chi connectivity index (χ1v) is 7.66. The van der Waals surface area contributed by atoms with Gasteiger partial charge in [-0.1, -0.05) is 27.5 Å². The molecule has 0 aliphatic heterocycles. The number of hydrogen-bond donors (Lipinski definition) is 3. The first-order chi connectivity index (χ1) is 9.67. The Morgan fingerprint density at radius 2 is 2.10 bits per heavy atom. The Balaban J connectivity index is 2.09. The monoisotopic (exact) mass is 369 g/mol. The average molecular weight is 371 g/mol. The summed E-state index contributed by atoms with van der Waals surface area (Å²) in [6, 6.07) is 7.49. The summed E-state index contributed by atoms with van der Waals surface area (Å²) in [5.41, 5.74) is 4.05. The minimum Gasteiger partial charge on any atom is -0.338 e. The van der Waals surface area contributed by atoms with E-state index >= 15 is 0 Å². The number of rotatable bonds is 3. The van der Waals surface area contributed by atoms with Gasteiger partial charge >= 0.3 is 0 Å². The molecule has 20 heavy (non-hydrogen) atoms. The highest BCUT2D eigenvalue weighted by Gasteiger charge is 2.10. The molecule has 8 heteroatoms. The second kappa shape index (κ2) is 5.53. The molecule has 2 aromatic heterocycles. The number of nitrogens with one attached hydrogen (secondary N) is 2. The van der Waals surface area contributed by atoms with Crippen LogP contribution >= 0.6 is 38.9 Å². The van der Waals surface area contributed by atoms with Gasteiger partial charge in [0, 0.05) is 4.47 Å². The van der Waals surface area contributed by atoms with Crippen molar-refractivity contribution in [1.82, 2.24) is 9.97 Å². The summed E-state index contributed by atoms with van der Waals surface area (Å²) in [4.78, 5) is 8.61. The maximum atomic E-state index is 6.18. The van der Waals surface area contributed by atoms with E-state index in [4.69, 9.17) is 17.4 Å². The van der Waals surface area contributed by atoms with E-state index in [1.807, 2.05) is 29.6 Å². The van der Waals surface area contributed by atoms with E-state index in [0.717, 1.165) is 20.4 Å². The molecule has 2 heterocycles. The molecule has 0 bridgehead atoms. The molecule has 0 fully saturated rings. The number of nitrogens with zero attached hydrogens (tertiary/aromatic N) is 2. The Kier molecular flexibility index (Phi) is 3.75. The minimum absolute atomic E-state index is 0.351. The lowest BCUT2D eigenvalue weighted by Crippen LogP contribution is -2.11. The van der Waals surface area contributed by atoms with Gasteiger partial charge in [-0.3, -0.25) is 5.43 Å². The number of nitrogens with two attached hydrogens (primary N) is 1. The zero-order chi connectivity index (χ0) is 14.1. The molecule has 0 aliphatic rings. The smallest absolute Gasteiger partial charge is 0.239 e. The van der Waals surface area contributed by atoms with Gasteiger partial charge in [0.05, 0.1) is 20.9 Å². The minimum atomic E-state index is 0.351. The molecule has 0 unspecified atom stereocenters. The molecule has 0 amide bonds. The summed E-state index contributed by atoms with van der Waals surface area (Å²) in [5.74, 6) is 6.41. The molecule has 0 spiro atoms. The van der Waals surface area contributed by atoms with Crippen molar-refractivity contribution < 1.29 is 0 Å². The van der Waals surface area contributed by atoms with Crippen LogP contribution in [0.15, 0.2) is 34.1 Å². The number of benzene rings is 1. The summed E-state index contributed by atoms with van der Waals surface area (Å²) in [6.45, 7) is 0. The van der Waals surface area contributed by atoms with Gasteiger partial charge in [-0.25, -0.2) is 10.8 Å². The second-order valence-electron chi connectivity index (χ2n) is 3.92. The van der Waals surface area contributed by atoms with Crippen molar-refractivity contribution in [3.05, 3.63) is 39.1 Å². The molecule has 0 atom stereocenters. The topological polar surface area (TPSA) is 75.9 Å². The van der Waals surface area contributed by atoms with Gasteiger partial charge in [-0.2, -0.15) is 4.98 Å². The number of thiophene rings is 1. The van der Waals surface area contributed by atoms with Crippen LogP contribution in [0.2, 0.25) is 5.02 Å². The van der Waals surface area contributed by atoms with Crippen molar-refractivity contribution in [3.63, 3.8) is 0 Å². The van der Waals surface area contributed by atoms with E-state index in [1.165, 1.54) is 0 Å². The van der Waals surface area contributed by atoms with Gasteiger partial charge in [-0.15, -0.1) is 11.3 Å². The van der Waals surface area contributed by atoms with Crippen molar-refractivity contribution in [2.75, 3.05) is 10.7 Å². The third kappa shape index (κ3) is 2.57. The van der Waals surface area contributed by atoms with Crippen LogP contribution in [-0.4, -0.2) is 9.97 Å². The molecule has 0 saturated heterocycles.